The van der Waals surface area contributed by atoms with E-state index in [1.807, 2.05) is 0 Å². The fourth-order valence-electron chi connectivity index (χ4n) is 6.22. The summed E-state index contributed by atoms with van der Waals surface area (Å²) in [5, 5.41) is 0. The van der Waals surface area contributed by atoms with Crippen LogP contribution in [0.3, 0.4) is 0 Å². The highest BCUT2D eigenvalue weighted by molar-refractivity contribution is 5.95. The van der Waals surface area contributed by atoms with Crippen molar-refractivity contribution in [3.8, 4) is 0 Å². The number of piperidine rings is 1. The number of amides is 4. The van der Waals surface area contributed by atoms with Crippen LogP contribution in [0.25, 0.3) is 0 Å². The number of benzene rings is 2. The lowest BCUT2D eigenvalue weighted by molar-refractivity contribution is -0.143. The highest BCUT2D eigenvalue weighted by atomic mass is 19.4. The minimum Gasteiger partial charge on any atom is -0.343 e. The molecule has 2 aromatic rings. The van der Waals surface area contributed by atoms with Gasteiger partial charge in [-0.3, -0.25) is 14.5 Å². The number of hydrogen-bond donors (Lipinski definition) is 0. The maximum absolute atomic E-state index is 13.7. The molecule has 0 saturated carbocycles. The van der Waals surface area contributed by atoms with Crippen LogP contribution >= 0.6 is 0 Å². The lowest BCUT2D eigenvalue weighted by Gasteiger charge is -2.33. The Morgan fingerprint density at radius 2 is 1.37 bits per heavy atom. The molecule has 0 bridgehead atoms. The van der Waals surface area contributed by atoms with Gasteiger partial charge < -0.3 is 14.7 Å². The Morgan fingerprint density at radius 1 is 0.791 bits per heavy atom. The third-order valence-corrected chi connectivity index (χ3v) is 8.51. The monoisotopic (exact) mass is 614 g/mol. The number of likely N-dealkylation sites (tertiary alicyclic amines) is 2. The number of carbonyl (C=O) groups is 3. The summed E-state index contributed by atoms with van der Waals surface area (Å²) in [6, 6.07) is 5.17. The first-order valence-electron chi connectivity index (χ1n) is 13.8. The summed E-state index contributed by atoms with van der Waals surface area (Å²) in [4.78, 5) is 44.4. The van der Waals surface area contributed by atoms with Gasteiger partial charge in [-0.25, -0.2) is 9.18 Å². The third kappa shape index (κ3) is 6.28. The fourth-order valence-corrected chi connectivity index (χ4v) is 6.22. The molecular weight excluding hydrogens is 585 g/mol. The molecule has 43 heavy (non-hydrogen) atoms. The Balaban J connectivity index is 1.41. The van der Waals surface area contributed by atoms with Gasteiger partial charge in [-0.1, -0.05) is 12.1 Å². The molecule has 232 valence electrons. The zero-order valence-electron chi connectivity index (χ0n) is 23.1. The van der Waals surface area contributed by atoms with Crippen molar-refractivity contribution in [1.82, 2.24) is 14.7 Å². The molecule has 2 aromatic carbocycles. The van der Waals surface area contributed by atoms with Crippen LogP contribution in [0.1, 0.15) is 42.4 Å². The largest absolute Gasteiger partial charge is 0.416 e. The quantitative estimate of drug-likeness (QED) is 0.436. The van der Waals surface area contributed by atoms with Crippen LogP contribution < -0.4 is 4.90 Å². The van der Waals surface area contributed by atoms with E-state index in [1.165, 1.54) is 36.1 Å². The smallest absolute Gasteiger partial charge is 0.343 e. The van der Waals surface area contributed by atoms with Crippen molar-refractivity contribution in [1.29, 1.82) is 0 Å². The van der Waals surface area contributed by atoms with Crippen LogP contribution in [0.15, 0.2) is 42.5 Å². The standard InChI is InChI=1S/C29H29F7N4O3/c1-17(41)37-8-6-19(7-9-37)26(42)38-15-24(18-2-4-22(30)5-3-18)25(16-38)40-11-10-39(27(40)43)23-13-20(28(31,32)33)12-21(14-23)29(34,35)36/h2-5,12-14,19,24-25H,6-11,15-16H2,1H3. The molecule has 4 amide bonds. The van der Waals surface area contributed by atoms with E-state index >= 15 is 0 Å². The van der Waals surface area contributed by atoms with E-state index < -0.39 is 53.0 Å². The van der Waals surface area contributed by atoms with E-state index in [9.17, 15) is 45.1 Å². The van der Waals surface area contributed by atoms with Crippen LogP contribution in [-0.2, 0) is 21.9 Å². The van der Waals surface area contributed by atoms with Gasteiger partial charge in [-0.05, 0) is 48.7 Å². The van der Waals surface area contributed by atoms with Crippen molar-refractivity contribution < 1.29 is 45.1 Å². The second-order valence-corrected chi connectivity index (χ2v) is 11.1. The minimum absolute atomic E-state index is 0.00216. The number of anilines is 1. The van der Waals surface area contributed by atoms with Gasteiger partial charge >= 0.3 is 18.4 Å². The van der Waals surface area contributed by atoms with Gasteiger partial charge in [-0.2, -0.15) is 26.3 Å². The zero-order chi connectivity index (χ0) is 31.3. The molecule has 3 heterocycles. The SMILES string of the molecule is CC(=O)N1CCC(C(=O)N2CC(c3ccc(F)cc3)C(N3CCN(c4cc(C(F)(F)F)cc(C(F)(F)F)c4)C3=O)C2)CC1. The van der Waals surface area contributed by atoms with Crippen molar-refractivity contribution >= 4 is 23.5 Å². The molecule has 14 heteroatoms. The summed E-state index contributed by atoms with van der Waals surface area (Å²) in [7, 11) is 0. The van der Waals surface area contributed by atoms with E-state index in [0.717, 1.165) is 4.90 Å². The Bertz CT molecular complexity index is 1360. The summed E-state index contributed by atoms with van der Waals surface area (Å²) in [5.41, 5.74) is -2.95. The van der Waals surface area contributed by atoms with Crippen LogP contribution in [0.4, 0.5) is 41.2 Å². The van der Waals surface area contributed by atoms with Gasteiger partial charge in [-0.15, -0.1) is 0 Å². The van der Waals surface area contributed by atoms with E-state index in [4.69, 9.17) is 0 Å². The van der Waals surface area contributed by atoms with Gasteiger partial charge in [0.05, 0.1) is 17.2 Å². The van der Waals surface area contributed by atoms with E-state index in [2.05, 4.69) is 0 Å². The Labute approximate surface area is 242 Å². The van der Waals surface area contributed by atoms with Gasteiger partial charge in [0.2, 0.25) is 11.8 Å². The number of hydrogen-bond acceptors (Lipinski definition) is 3. The molecule has 2 unspecified atom stereocenters. The summed E-state index contributed by atoms with van der Waals surface area (Å²) in [6.07, 6.45) is -9.21. The highest BCUT2D eigenvalue weighted by Gasteiger charge is 2.47. The molecule has 0 radical (unpaired) electrons. The Kier molecular flexibility index (Phi) is 8.07. The minimum atomic E-state index is -5.07. The maximum Gasteiger partial charge on any atom is 0.416 e. The van der Waals surface area contributed by atoms with Crippen LogP contribution in [0, 0.1) is 11.7 Å². The predicted molar refractivity (Wildman–Crippen MR) is 140 cm³/mol. The number of alkyl halides is 6. The average Bonchev–Trinajstić information content (AvgIpc) is 3.55. The summed E-state index contributed by atoms with van der Waals surface area (Å²) < 4.78 is 94.6. The average molecular weight is 615 g/mol. The zero-order valence-corrected chi connectivity index (χ0v) is 23.1. The molecular formula is C29H29F7N4O3. The van der Waals surface area contributed by atoms with Crippen molar-refractivity contribution in [3.63, 3.8) is 0 Å². The van der Waals surface area contributed by atoms with Crippen LogP contribution in [-0.4, -0.2) is 77.9 Å². The number of urea groups is 1. The van der Waals surface area contributed by atoms with Crippen molar-refractivity contribution in [2.24, 2.45) is 5.92 Å². The lowest BCUT2D eigenvalue weighted by atomic mass is 9.93. The molecule has 3 fully saturated rings. The topological polar surface area (TPSA) is 64.2 Å². The van der Waals surface area contributed by atoms with Crippen molar-refractivity contribution in [2.75, 3.05) is 44.2 Å². The van der Waals surface area contributed by atoms with E-state index in [1.54, 1.807) is 9.80 Å². The molecule has 0 N–H and O–H groups in total. The summed E-state index contributed by atoms with van der Waals surface area (Å²) in [6.45, 7) is 2.43. The van der Waals surface area contributed by atoms with Crippen molar-refractivity contribution in [3.05, 3.63) is 65.0 Å². The molecule has 5 rings (SSSR count). The second kappa shape index (κ2) is 11.3. The number of carbonyl (C=O) groups excluding carboxylic acids is 3. The Hall–Kier alpha value is -3.84. The van der Waals surface area contributed by atoms with Crippen LogP contribution in [0.2, 0.25) is 0 Å². The van der Waals surface area contributed by atoms with Gasteiger partial charge in [0.15, 0.2) is 0 Å². The van der Waals surface area contributed by atoms with E-state index in [-0.39, 0.29) is 50.0 Å². The summed E-state index contributed by atoms with van der Waals surface area (Å²) in [5.74, 6) is -1.55. The maximum atomic E-state index is 13.7. The van der Waals surface area contributed by atoms with Gasteiger partial charge in [0, 0.05) is 63.7 Å². The molecule has 0 aromatic heterocycles. The predicted octanol–water partition coefficient (Wildman–Crippen LogP) is 5.36. The molecule has 2 atom stereocenters. The van der Waals surface area contributed by atoms with Gasteiger partial charge in [0.1, 0.15) is 5.82 Å². The van der Waals surface area contributed by atoms with E-state index in [0.29, 0.717) is 43.6 Å². The number of rotatable bonds is 4. The third-order valence-electron chi connectivity index (χ3n) is 8.51. The summed E-state index contributed by atoms with van der Waals surface area (Å²) >= 11 is 0. The fraction of sp³-hybridized carbons (Fsp3) is 0.483. The molecule has 3 aliphatic rings. The highest BCUT2D eigenvalue weighted by Crippen LogP contribution is 2.40. The molecule has 3 aliphatic heterocycles. The number of halogens is 7. The van der Waals surface area contributed by atoms with Crippen LogP contribution in [0.5, 0.6) is 0 Å². The molecule has 7 nitrogen and oxygen atoms in total. The molecule has 3 saturated heterocycles. The number of nitrogens with zero attached hydrogens (tertiary/aromatic N) is 4. The first-order valence-corrected chi connectivity index (χ1v) is 13.8. The molecule has 0 aliphatic carbocycles. The Morgan fingerprint density at radius 3 is 1.91 bits per heavy atom. The second-order valence-electron chi connectivity index (χ2n) is 11.1. The van der Waals surface area contributed by atoms with Crippen molar-refractivity contribution in [2.45, 2.75) is 44.1 Å². The normalized spacial score (nSPS) is 22.1. The first kappa shape index (κ1) is 30.6. The molecule has 0 spiro atoms. The first-order chi connectivity index (χ1) is 20.1. The van der Waals surface area contributed by atoms with Gasteiger partial charge in [0.25, 0.3) is 0 Å². The lowest BCUT2D eigenvalue weighted by Crippen LogP contribution is -2.45.